The van der Waals surface area contributed by atoms with Crippen molar-refractivity contribution in [2.75, 3.05) is 29.9 Å². The van der Waals surface area contributed by atoms with Crippen molar-refractivity contribution in [3.63, 3.8) is 0 Å². The number of halogens is 3. The topological polar surface area (TPSA) is 69.7 Å². The first kappa shape index (κ1) is 23.9. The lowest BCUT2D eigenvalue weighted by Crippen LogP contribution is -2.36. The van der Waals surface area contributed by atoms with Crippen LogP contribution >= 0.6 is 11.8 Å². The van der Waals surface area contributed by atoms with Gasteiger partial charge in [0.2, 0.25) is 5.91 Å². The monoisotopic (exact) mass is 489 g/mol. The van der Waals surface area contributed by atoms with Crippen LogP contribution in [0.25, 0.3) is 6.08 Å². The first-order chi connectivity index (χ1) is 16.2. The van der Waals surface area contributed by atoms with Crippen LogP contribution in [-0.2, 0) is 15.8 Å². The number of thioether (sulfide) groups is 1. The summed E-state index contributed by atoms with van der Waals surface area (Å²) in [5.41, 5.74) is 0.873. The van der Waals surface area contributed by atoms with Gasteiger partial charge in [-0.1, -0.05) is 18.2 Å². The molecule has 2 heterocycles. The lowest BCUT2D eigenvalue weighted by Gasteiger charge is -2.28. The van der Waals surface area contributed by atoms with E-state index >= 15 is 0 Å². The Morgan fingerprint density at radius 2 is 1.74 bits per heavy atom. The highest BCUT2D eigenvalue weighted by Crippen LogP contribution is 2.33. The molecule has 0 radical (unpaired) electrons. The number of amides is 3. The molecule has 6 nitrogen and oxygen atoms in total. The summed E-state index contributed by atoms with van der Waals surface area (Å²) in [7, 11) is 0. The number of hydrogen-bond acceptors (Lipinski definition) is 5. The van der Waals surface area contributed by atoms with E-state index in [0.29, 0.717) is 0 Å². The third-order valence-electron chi connectivity index (χ3n) is 5.56. The van der Waals surface area contributed by atoms with Gasteiger partial charge >= 0.3 is 6.18 Å². The van der Waals surface area contributed by atoms with Gasteiger partial charge in [0.15, 0.2) is 0 Å². The molecular formula is C24H22F3N3O3S. The number of nitrogens with zero attached hydrogens (tertiary/aromatic N) is 2. The Morgan fingerprint density at radius 3 is 2.41 bits per heavy atom. The van der Waals surface area contributed by atoms with Crippen LogP contribution in [0.2, 0.25) is 0 Å². The minimum atomic E-state index is -4.55. The Kier molecular flexibility index (Phi) is 6.97. The van der Waals surface area contributed by atoms with E-state index in [1.54, 1.807) is 6.08 Å². The highest BCUT2D eigenvalue weighted by molar-refractivity contribution is 8.18. The maximum Gasteiger partial charge on any atom is 0.416 e. The minimum absolute atomic E-state index is 0.0730. The van der Waals surface area contributed by atoms with Crippen molar-refractivity contribution in [3.05, 3.63) is 64.6 Å². The molecule has 0 aliphatic carbocycles. The smallest absolute Gasteiger partial charge is 0.372 e. The summed E-state index contributed by atoms with van der Waals surface area (Å²) < 4.78 is 38.6. The summed E-state index contributed by atoms with van der Waals surface area (Å²) in [5.74, 6) is -1.39. The van der Waals surface area contributed by atoms with Gasteiger partial charge in [-0.25, -0.2) is 0 Å². The van der Waals surface area contributed by atoms with E-state index in [-0.39, 0.29) is 10.6 Å². The second-order valence-corrected chi connectivity index (χ2v) is 9.03. The number of nitrogens with one attached hydrogen (secondary N) is 1. The molecule has 0 aromatic heterocycles. The van der Waals surface area contributed by atoms with Gasteiger partial charge in [-0.3, -0.25) is 19.3 Å². The second kappa shape index (κ2) is 9.92. The molecule has 1 N–H and O–H groups in total. The predicted octanol–water partition coefficient (Wildman–Crippen LogP) is 5.37. The number of piperidine rings is 1. The Morgan fingerprint density at radius 1 is 1.03 bits per heavy atom. The average molecular weight is 490 g/mol. The van der Waals surface area contributed by atoms with Crippen molar-refractivity contribution in [1.29, 1.82) is 0 Å². The fourth-order valence-electron chi connectivity index (χ4n) is 3.84. The molecule has 3 amide bonds. The number of carbonyl (C=O) groups is 3. The average Bonchev–Trinajstić information content (AvgIpc) is 3.07. The Labute approximate surface area is 198 Å². The van der Waals surface area contributed by atoms with Crippen LogP contribution in [0.5, 0.6) is 0 Å². The number of benzene rings is 2. The quantitative estimate of drug-likeness (QED) is 0.572. The molecule has 2 saturated heterocycles. The lowest BCUT2D eigenvalue weighted by molar-refractivity contribution is -0.137. The van der Waals surface area contributed by atoms with Crippen molar-refractivity contribution >= 4 is 46.3 Å². The molecule has 2 aromatic carbocycles. The number of rotatable bonds is 5. The fourth-order valence-corrected chi connectivity index (χ4v) is 4.68. The van der Waals surface area contributed by atoms with Crippen LogP contribution < -0.4 is 10.2 Å². The summed E-state index contributed by atoms with van der Waals surface area (Å²) in [6, 6.07) is 11.8. The Hall–Kier alpha value is -3.27. The molecular weight excluding hydrogens is 467 g/mol. The van der Waals surface area contributed by atoms with Crippen molar-refractivity contribution in [3.8, 4) is 0 Å². The molecule has 0 spiro atoms. The third-order valence-corrected chi connectivity index (χ3v) is 6.47. The zero-order valence-electron chi connectivity index (χ0n) is 18.1. The maximum atomic E-state index is 12.9. The first-order valence-corrected chi connectivity index (χ1v) is 11.6. The highest BCUT2D eigenvalue weighted by atomic mass is 32.2. The third kappa shape index (κ3) is 5.61. The molecule has 0 saturated carbocycles. The molecule has 2 fully saturated rings. The lowest BCUT2D eigenvalue weighted by atomic mass is 10.1. The standard InChI is InChI=1S/C24H22F3N3O3S/c25-24(26,27)17-5-4-6-18(14-17)28-21(31)15-30-22(32)20(34-23(30)33)13-16-7-9-19(10-8-16)29-11-2-1-3-12-29/h4-10,13-14H,1-3,11-12,15H2,(H,28,31)/b20-13-. The molecule has 34 heavy (non-hydrogen) atoms. The van der Waals surface area contributed by atoms with Crippen molar-refractivity contribution in [2.24, 2.45) is 0 Å². The number of anilines is 2. The number of imide groups is 1. The number of carbonyl (C=O) groups excluding carboxylic acids is 3. The summed E-state index contributed by atoms with van der Waals surface area (Å²) in [4.78, 5) is 40.6. The molecule has 0 bridgehead atoms. The van der Waals surface area contributed by atoms with E-state index in [1.165, 1.54) is 12.5 Å². The van der Waals surface area contributed by atoms with Gasteiger partial charge in [-0.15, -0.1) is 0 Å². The predicted molar refractivity (Wildman–Crippen MR) is 125 cm³/mol. The molecule has 0 atom stereocenters. The van der Waals surface area contributed by atoms with Gasteiger partial charge in [-0.2, -0.15) is 13.2 Å². The second-order valence-electron chi connectivity index (χ2n) is 8.03. The van der Waals surface area contributed by atoms with Gasteiger partial charge in [0.05, 0.1) is 10.5 Å². The van der Waals surface area contributed by atoms with E-state index in [2.05, 4.69) is 10.2 Å². The van der Waals surface area contributed by atoms with Gasteiger partial charge in [0.25, 0.3) is 11.1 Å². The van der Waals surface area contributed by atoms with Crippen LogP contribution in [0, 0.1) is 0 Å². The van der Waals surface area contributed by atoms with Crippen LogP contribution in [0.3, 0.4) is 0 Å². The van der Waals surface area contributed by atoms with Crippen LogP contribution in [0.4, 0.5) is 29.3 Å². The van der Waals surface area contributed by atoms with Gasteiger partial charge < -0.3 is 10.2 Å². The zero-order valence-corrected chi connectivity index (χ0v) is 18.9. The highest BCUT2D eigenvalue weighted by Gasteiger charge is 2.36. The fraction of sp³-hybridized carbons (Fsp3) is 0.292. The van der Waals surface area contributed by atoms with Crippen molar-refractivity contribution < 1.29 is 27.6 Å². The van der Waals surface area contributed by atoms with Gasteiger partial charge in [-0.05, 0) is 73.0 Å². The first-order valence-electron chi connectivity index (χ1n) is 10.8. The summed E-state index contributed by atoms with van der Waals surface area (Å²) in [5, 5.41) is 1.70. The molecule has 0 unspecified atom stereocenters. The van der Waals surface area contributed by atoms with E-state index < -0.39 is 35.3 Å². The number of alkyl halides is 3. The SMILES string of the molecule is O=C(CN1C(=O)S/C(=C\c2ccc(N3CCCCC3)cc2)C1=O)Nc1cccc(C(F)(F)F)c1. The Bertz CT molecular complexity index is 1130. The van der Waals surface area contributed by atoms with Crippen LogP contribution in [-0.4, -0.2) is 41.6 Å². The van der Waals surface area contributed by atoms with E-state index in [9.17, 15) is 27.6 Å². The molecule has 178 valence electrons. The van der Waals surface area contributed by atoms with Crippen molar-refractivity contribution in [2.45, 2.75) is 25.4 Å². The zero-order chi connectivity index (χ0) is 24.3. The molecule has 2 aliphatic heterocycles. The van der Waals surface area contributed by atoms with Gasteiger partial charge in [0.1, 0.15) is 6.54 Å². The summed E-state index contributed by atoms with van der Waals surface area (Å²) in [6.45, 7) is 1.44. The summed E-state index contributed by atoms with van der Waals surface area (Å²) >= 11 is 0.722. The summed E-state index contributed by atoms with van der Waals surface area (Å²) in [6.07, 6.45) is 0.606. The van der Waals surface area contributed by atoms with Gasteiger partial charge in [0, 0.05) is 24.5 Å². The largest absolute Gasteiger partial charge is 0.416 e. The van der Waals surface area contributed by atoms with Crippen LogP contribution in [0.15, 0.2) is 53.4 Å². The van der Waals surface area contributed by atoms with Crippen LogP contribution in [0.1, 0.15) is 30.4 Å². The number of hydrogen-bond donors (Lipinski definition) is 1. The minimum Gasteiger partial charge on any atom is -0.372 e. The molecule has 2 aromatic rings. The Balaban J connectivity index is 1.39. The maximum absolute atomic E-state index is 12.9. The molecule has 10 heteroatoms. The van der Waals surface area contributed by atoms with Crippen molar-refractivity contribution in [1.82, 2.24) is 4.90 Å². The molecule has 2 aliphatic rings. The molecule has 4 rings (SSSR count). The van der Waals surface area contributed by atoms with E-state index in [0.717, 1.165) is 72.0 Å². The van der Waals surface area contributed by atoms with E-state index in [4.69, 9.17) is 0 Å². The van der Waals surface area contributed by atoms with E-state index in [1.807, 2.05) is 24.3 Å². The normalized spacial score (nSPS) is 18.0.